The van der Waals surface area contributed by atoms with E-state index in [0.29, 0.717) is 29.3 Å². The molecule has 3 rings (SSSR count). The highest BCUT2D eigenvalue weighted by molar-refractivity contribution is 9.10. The molecule has 1 fully saturated rings. The molecule has 0 bridgehead atoms. The second-order valence-electron chi connectivity index (χ2n) is 6.33. The molecule has 0 radical (unpaired) electrons. The van der Waals surface area contributed by atoms with Crippen molar-refractivity contribution < 1.29 is 23.1 Å². The monoisotopic (exact) mass is 485 g/mol. The van der Waals surface area contributed by atoms with Crippen LogP contribution >= 0.6 is 27.3 Å². The first-order valence-corrected chi connectivity index (χ1v) is 11.8. The van der Waals surface area contributed by atoms with Crippen LogP contribution in [0.5, 0.6) is 5.75 Å². The van der Waals surface area contributed by atoms with E-state index in [1.54, 1.807) is 24.3 Å². The van der Waals surface area contributed by atoms with Crippen molar-refractivity contribution in [3.05, 3.63) is 45.2 Å². The Hall–Kier alpha value is -1.68. The van der Waals surface area contributed by atoms with Gasteiger partial charge in [-0.05, 0) is 49.2 Å². The standard InChI is InChI=1S/C19H20BrNO5S2/c1-26-16-6-5-14(20)11-13(16)12-15(19(22)23)17-7-8-18(27-17)28(24,25)21-9-3-2-4-10-21/h5-8,11-12H,2-4,9-10H2,1H3,(H,22,23)/b15-12-. The van der Waals surface area contributed by atoms with E-state index in [9.17, 15) is 18.3 Å². The van der Waals surface area contributed by atoms with E-state index in [-0.39, 0.29) is 9.78 Å². The normalized spacial score (nSPS) is 16.1. The highest BCUT2D eigenvalue weighted by Gasteiger charge is 2.28. The predicted octanol–water partition coefficient (Wildman–Crippen LogP) is 4.32. The lowest BCUT2D eigenvalue weighted by atomic mass is 10.1. The zero-order valence-electron chi connectivity index (χ0n) is 15.2. The number of ether oxygens (including phenoxy) is 1. The maximum atomic E-state index is 12.8. The second-order valence-corrected chi connectivity index (χ2v) is 10.5. The average molecular weight is 486 g/mol. The van der Waals surface area contributed by atoms with Crippen molar-refractivity contribution in [1.82, 2.24) is 4.31 Å². The Balaban J connectivity index is 1.99. The molecule has 1 aromatic heterocycles. The minimum atomic E-state index is -3.59. The highest BCUT2D eigenvalue weighted by atomic mass is 79.9. The first-order valence-electron chi connectivity index (χ1n) is 8.72. The summed E-state index contributed by atoms with van der Waals surface area (Å²) in [5.74, 6) is -0.606. The van der Waals surface area contributed by atoms with E-state index in [2.05, 4.69) is 15.9 Å². The number of benzene rings is 1. The lowest BCUT2D eigenvalue weighted by molar-refractivity contribution is -0.130. The maximum Gasteiger partial charge on any atom is 0.337 e. The molecule has 9 heteroatoms. The van der Waals surface area contributed by atoms with Gasteiger partial charge in [0, 0.05) is 28.0 Å². The van der Waals surface area contributed by atoms with Crippen LogP contribution < -0.4 is 4.74 Å². The van der Waals surface area contributed by atoms with Crippen LogP contribution in [0.2, 0.25) is 0 Å². The van der Waals surface area contributed by atoms with Crippen LogP contribution in [0.1, 0.15) is 29.7 Å². The van der Waals surface area contributed by atoms with Crippen molar-refractivity contribution in [3.63, 3.8) is 0 Å². The van der Waals surface area contributed by atoms with E-state index in [1.807, 2.05) is 0 Å². The van der Waals surface area contributed by atoms with Gasteiger partial charge in [-0.1, -0.05) is 22.4 Å². The maximum absolute atomic E-state index is 12.8. The number of carboxylic acid groups (broad SMARTS) is 1. The first-order chi connectivity index (χ1) is 13.3. The van der Waals surface area contributed by atoms with Gasteiger partial charge in [0.1, 0.15) is 9.96 Å². The van der Waals surface area contributed by atoms with Crippen LogP contribution in [-0.2, 0) is 14.8 Å². The van der Waals surface area contributed by atoms with Crippen molar-refractivity contribution in [1.29, 1.82) is 0 Å². The molecule has 1 saturated heterocycles. The van der Waals surface area contributed by atoms with Gasteiger partial charge in [0.2, 0.25) is 0 Å². The summed E-state index contributed by atoms with van der Waals surface area (Å²) in [4.78, 5) is 12.3. The second kappa shape index (κ2) is 8.77. The van der Waals surface area contributed by atoms with Crippen LogP contribution in [0, 0.1) is 0 Å². The van der Waals surface area contributed by atoms with E-state index in [0.717, 1.165) is 35.1 Å². The fourth-order valence-electron chi connectivity index (χ4n) is 3.05. The van der Waals surface area contributed by atoms with Gasteiger partial charge < -0.3 is 9.84 Å². The van der Waals surface area contributed by atoms with E-state index >= 15 is 0 Å². The topological polar surface area (TPSA) is 83.9 Å². The molecule has 1 aliphatic rings. The number of thiophene rings is 1. The molecule has 1 N–H and O–H groups in total. The number of carboxylic acids is 1. The number of nitrogens with zero attached hydrogens (tertiary/aromatic N) is 1. The molecule has 6 nitrogen and oxygen atoms in total. The zero-order valence-corrected chi connectivity index (χ0v) is 18.4. The number of methoxy groups -OCH3 is 1. The average Bonchev–Trinajstić information content (AvgIpc) is 3.17. The van der Waals surface area contributed by atoms with E-state index in [1.165, 1.54) is 23.6 Å². The van der Waals surface area contributed by atoms with Gasteiger partial charge in [0.15, 0.2) is 0 Å². The fourth-order valence-corrected chi connectivity index (χ4v) is 6.41. The molecule has 2 aromatic rings. The SMILES string of the molecule is COc1ccc(Br)cc1/C=C(\C(=O)O)c1ccc(S(=O)(=O)N2CCCCC2)s1. The van der Waals surface area contributed by atoms with Crippen LogP contribution in [-0.4, -0.2) is 44.0 Å². The van der Waals surface area contributed by atoms with Crippen molar-refractivity contribution in [2.24, 2.45) is 0 Å². The molecule has 0 aliphatic carbocycles. The van der Waals surface area contributed by atoms with Gasteiger partial charge in [-0.2, -0.15) is 4.31 Å². The number of piperidine rings is 1. The van der Waals surface area contributed by atoms with Crippen molar-refractivity contribution in [2.75, 3.05) is 20.2 Å². The minimum Gasteiger partial charge on any atom is -0.496 e. The van der Waals surface area contributed by atoms with Crippen molar-refractivity contribution in [3.8, 4) is 5.75 Å². The summed E-state index contributed by atoms with van der Waals surface area (Å²) < 4.78 is 33.4. The summed E-state index contributed by atoms with van der Waals surface area (Å²) in [5.41, 5.74) is 0.601. The molecule has 0 unspecified atom stereocenters. The Morgan fingerprint density at radius 3 is 2.57 bits per heavy atom. The zero-order chi connectivity index (χ0) is 20.3. The molecular weight excluding hydrogens is 466 g/mol. The van der Waals surface area contributed by atoms with Gasteiger partial charge in [0.05, 0.1) is 12.7 Å². The molecule has 1 aromatic carbocycles. The minimum absolute atomic E-state index is 0.0153. The van der Waals surface area contributed by atoms with Crippen LogP contribution in [0.15, 0.2) is 39.0 Å². The summed E-state index contributed by atoms with van der Waals surface area (Å²) in [7, 11) is -2.08. The van der Waals surface area contributed by atoms with Crippen molar-refractivity contribution in [2.45, 2.75) is 23.5 Å². The number of hydrogen-bond acceptors (Lipinski definition) is 5. The third-order valence-corrected chi connectivity index (χ3v) is 8.46. The van der Waals surface area contributed by atoms with E-state index < -0.39 is 16.0 Å². The molecular formula is C19H20BrNO5S2. The summed E-state index contributed by atoms with van der Waals surface area (Å²) in [6.07, 6.45) is 4.22. The van der Waals surface area contributed by atoms with Gasteiger partial charge in [-0.25, -0.2) is 13.2 Å². The molecule has 150 valence electrons. The summed E-state index contributed by atoms with van der Waals surface area (Å²) in [6.45, 7) is 1.01. The summed E-state index contributed by atoms with van der Waals surface area (Å²) in [5, 5.41) is 9.71. The fraction of sp³-hybridized carbons (Fsp3) is 0.316. The van der Waals surface area contributed by atoms with Crippen LogP contribution in [0.4, 0.5) is 0 Å². The molecule has 28 heavy (non-hydrogen) atoms. The largest absolute Gasteiger partial charge is 0.496 e. The molecule has 0 amide bonds. The number of carbonyl (C=O) groups is 1. The van der Waals surface area contributed by atoms with E-state index in [4.69, 9.17) is 4.74 Å². The molecule has 1 aliphatic heterocycles. The lowest BCUT2D eigenvalue weighted by Crippen LogP contribution is -2.35. The Labute approximate surface area is 176 Å². The Bertz CT molecular complexity index is 1010. The smallest absolute Gasteiger partial charge is 0.337 e. The molecule has 0 spiro atoms. The number of sulfonamides is 1. The number of rotatable bonds is 6. The number of aliphatic carboxylic acids is 1. The third kappa shape index (κ3) is 4.48. The molecule has 2 heterocycles. The number of hydrogen-bond donors (Lipinski definition) is 1. The van der Waals surface area contributed by atoms with Crippen LogP contribution in [0.25, 0.3) is 11.6 Å². The van der Waals surface area contributed by atoms with Gasteiger partial charge in [-0.15, -0.1) is 11.3 Å². The third-order valence-electron chi connectivity index (χ3n) is 4.48. The quantitative estimate of drug-likeness (QED) is 0.615. The van der Waals surface area contributed by atoms with Crippen molar-refractivity contribution >= 4 is 54.9 Å². The predicted molar refractivity (Wildman–Crippen MR) is 113 cm³/mol. The lowest BCUT2D eigenvalue weighted by Gasteiger charge is -2.25. The van der Waals surface area contributed by atoms with Gasteiger partial charge in [-0.3, -0.25) is 0 Å². The summed E-state index contributed by atoms with van der Waals surface area (Å²) in [6, 6.07) is 8.31. The Kier molecular flexibility index (Phi) is 6.59. The number of halogens is 1. The van der Waals surface area contributed by atoms with Crippen LogP contribution in [0.3, 0.4) is 0 Å². The molecule has 0 atom stereocenters. The Morgan fingerprint density at radius 1 is 1.21 bits per heavy atom. The summed E-state index contributed by atoms with van der Waals surface area (Å²) >= 11 is 4.34. The van der Waals surface area contributed by atoms with Gasteiger partial charge >= 0.3 is 5.97 Å². The van der Waals surface area contributed by atoms with Gasteiger partial charge in [0.25, 0.3) is 10.0 Å². The molecule has 0 saturated carbocycles. The first kappa shape index (κ1) is 21.0. The highest BCUT2D eigenvalue weighted by Crippen LogP contribution is 2.33. The Morgan fingerprint density at radius 2 is 1.93 bits per heavy atom.